The van der Waals surface area contributed by atoms with Gasteiger partial charge in [0.05, 0.1) is 17.4 Å². The summed E-state index contributed by atoms with van der Waals surface area (Å²) >= 11 is 0. The van der Waals surface area contributed by atoms with Crippen LogP contribution in [0.3, 0.4) is 0 Å². The molecule has 18 heavy (non-hydrogen) atoms. The molecule has 94 valence electrons. The zero-order valence-corrected chi connectivity index (χ0v) is 10.8. The number of carbonyl (C=O) groups is 1. The van der Waals surface area contributed by atoms with Crippen LogP contribution < -0.4 is 9.80 Å². The Hall–Kier alpha value is -2.02. The van der Waals surface area contributed by atoms with Gasteiger partial charge < -0.3 is 9.80 Å². The van der Waals surface area contributed by atoms with Crippen LogP contribution in [0.4, 0.5) is 11.4 Å². The summed E-state index contributed by atoms with van der Waals surface area (Å²) in [5.41, 5.74) is 1.88. The van der Waals surface area contributed by atoms with Crippen molar-refractivity contribution in [1.82, 2.24) is 0 Å². The minimum atomic E-state index is 0.0492. The Balaban J connectivity index is 2.48. The van der Waals surface area contributed by atoms with E-state index in [1.807, 2.05) is 29.2 Å². The van der Waals surface area contributed by atoms with Gasteiger partial charge in [0.1, 0.15) is 6.54 Å². The minimum absolute atomic E-state index is 0.0492. The summed E-state index contributed by atoms with van der Waals surface area (Å²) in [4.78, 5) is 15.6. The van der Waals surface area contributed by atoms with Crippen molar-refractivity contribution < 1.29 is 4.79 Å². The first kappa shape index (κ1) is 12.4. The Morgan fingerprint density at radius 1 is 1.39 bits per heavy atom. The highest BCUT2D eigenvalue weighted by atomic mass is 16.2. The molecule has 0 aliphatic carbocycles. The molecule has 1 aliphatic rings. The first-order valence-corrected chi connectivity index (χ1v) is 6.12. The molecule has 1 heterocycles. The second-order valence-electron chi connectivity index (χ2n) is 4.76. The highest BCUT2D eigenvalue weighted by Gasteiger charge is 2.25. The number of nitriles is 1. The first-order chi connectivity index (χ1) is 8.63. The number of fused-ring (bicyclic) bond motifs is 1. The van der Waals surface area contributed by atoms with Crippen LogP contribution in [0, 0.1) is 17.2 Å². The summed E-state index contributed by atoms with van der Waals surface area (Å²) in [6.45, 7) is 5.55. The molecule has 1 amide bonds. The molecule has 0 fully saturated rings. The van der Waals surface area contributed by atoms with Crippen LogP contribution >= 0.6 is 0 Å². The zero-order chi connectivity index (χ0) is 13.1. The fourth-order valence-electron chi connectivity index (χ4n) is 2.44. The smallest absolute Gasteiger partial charge is 0.223 e. The second kappa shape index (κ2) is 5.09. The van der Waals surface area contributed by atoms with E-state index in [9.17, 15) is 4.79 Å². The molecule has 1 aliphatic heterocycles. The normalized spacial score (nSPS) is 18.8. The van der Waals surface area contributed by atoms with Gasteiger partial charge in [-0.3, -0.25) is 4.79 Å². The van der Waals surface area contributed by atoms with E-state index in [1.54, 1.807) is 11.8 Å². The quantitative estimate of drug-likeness (QED) is 0.709. The number of amides is 1. The molecule has 0 N–H and O–H groups in total. The second-order valence-corrected chi connectivity index (χ2v) is 4.76. The van der Waals surface area contributed by atoms with Gasteiger partial charge in [-0.25, -0.2) is 0 Å². The van der Waals surface area contributed by atoms with Gasteiger partial charge in [-0.15, -0.1) is 0 Å². The van der Waals surface area contributed by atoms with E-state index in [4.69, 9.17) is 5.26 Å². The monoisotopic (exact) mass is 243 g/mol. The Kier molecular flexibility index (Phi) is 3.52. The first-order valence-electron chi connectivity index (χ1n) is 6.12. The van der Waals surface area contributed by atoms with Crippen molar-refractivity contribution in [1.29, 1.82) is 5.26 Å². The highest BCUT2D eigenvalue weighted by molar-refractivity contribution is 5.95. The molecular formula is C14H17N3O. The lowest BCUT2D eigenvalue weighted by Crippen LogP contribution is -2.33. The van der Waals surface area contributed by atoms with Crippen molar-refractivity contribution in [3.8, 4) is 6.07 Å². The molecule has 4 nitrogen and oxygen atoms in total. The Labute approximate surface area is 107 Å². The number of hydrogen-bond acceptors (Lipinski definition) is 3. The lowest BCUT2D eigenvalue weighted by atomic mass is 10.1. The zero-order valence-electron chi connectivity index (χ0n) is 10.8. The average molecular weight is 243 g/mol. The topological polar surface area (TPSA) is 47.3 Å². The summed E-state index contributed by atoms with van der Waals surface area (Å²) < 4.78 is 0. The number of hydrogen-bond donors (Lipinski definition) is 0. The third-order valence-electron chi connectivity index (χ3n) is 3.18. The van der Waals surface area contributed by atoms with Gasteiger partial charge in [-0.1, -0.05) is 19.1 Å². The van der Waals surface area contributed by atoms with Gasteiger partial charge in [0, 0.05) is 20.0 Å². The molecule has 1 unspecified atom stereocenters. The molecule has 0 saturated heterocycles. The molecule has 0 radical (unpaired) electrons. The van der Waals surface area contributed by atoms with Gasteiger partial charge in [-0.05, 0) is 18.1 Å². The van der Waals surface area contributed by atoms with Crippen LogP contribution in [0.2, 0.25) is 0 Å². The number of para-hydroxylation sites is 2. The molecule has 1 aromatic rings. The molecule has 0 bridgehead atoms. The largest absolute Gasteiger partial charge is 0.356 e. The summed E-state index contributed by atoms with van der Waals surface area (Å²) in [7, 11) is 0. The lowest BCUT2D eigenvalue weighted by Gasteiger charge is -2.24. The fraction of sp³-hybridized carbons (Fsp3) is 0.429. The maximum Gasteiger partial charge on any atom is 0.223 e. The summed E-state index contributed by atoms with van der Waals surface area (Å²) in [5.74, 6) is 0.391. The van der Waals surface area contributed by atoms with Crippen LogP contribution in [0.15, 0.2) is 24.3 Å². The van der Waals surface area contributed by atoms with Gasteiger partial charge in [0.2, 0.25) is 5.91 Å². The third-order valence-corrected chi connectivity index (χ3v) is 3.18. The fourth-order valence-corrected chi connectivity index (χ4v) is 2.44. The third kappa shape index (κ3) is 2.30. The van der Waals surface area contributed by atoms with E-state index >= 15 is 0 Å². The molecule has 1 atom stereocenters. The molecule has 0 saturated carbocycles. The van der Waals surface area contributed by atoms with Crippen molar-refractivity contribution in [3.63, 3.8) is 0 Å². The van der Waals surface area contributed by atoms with Crippen LogP contribution in [0.25, 0.3) is 0 Å². The summed E-state index contributed by atoms with van der Waals surface area (Å²) in [5, 5.41) is 8.93. The van der Waals surface area contributed by atoms with E-state index < -0.39 is 0 Å². The van der Waals surface area contributed by atoms with Crippen molar-refractivity contribution in [3.05, 3.63) is 24.3 Å². The number of carbonyl (C=O) groups excluding carboxylic acids is 1. The van der Waals surface area contributed by atoms with E-state index in [1.165, 1.54) is 0 Å². The predicted octanol–water partition coefficient (Wildman–Crippen LogP) is 2.02. The van der Waals surface area contributed by atoms with Gasteiger partial charge >= 0.3 is 0 Å². The van der Waals surface area contributed by atoms with Gasteiger partial charge in [-0.2, -0.15) is 5.26 Å². The van der Waals surface area contributed by atoms with E-state index in [0.29, 0.717) is 19.0 Å². The number of nitrogens with zero attached hydrogens (tertiary/aromatic N) is 3. The molecule has 1 aromatic carbocycles. The molecule has 0 aromatic heterocycles. The highest BCUT2D eigenvalue weighted by Crippen LogP contribution is 2.33. The van der Waals surface area contributed by atoms with E-state index in [-0.39, 0.29) is 5.91 Å². The predicted molar refractivity (Wildman–Crippen MR) is 71.5 cm³/mol. The molecule has 4 heteroatoms. The molecular weight excluding hydrogens is 226 g/mol. The average Bonchev–Trinajstić information content (AvgIpc) is 2.48. The summed E-state index contributed by atoms with van der Waals surface area (Å²) in [6.07, 6.45) is 0. The maximum absolute atomic E-state index is 11.8. The van der Waals surface area contributed by atoms with Crippen molar-refractivity contribution in [2.45, 2.75) is 13.8 Å². The Morgan fingerprint density at radius 2 is 2.06 bits per heavy atom. The number of benzene rings is 1. The van der Waals surface area contributed by atoms with Crippen molar-refractivity contribution >= 4 is 17.3 Å². The van der Waals surface area contributed by atoms with Crippen LogP contribution in [-0.2, 0) is 4.79 Å². The van der Waals surface area contributed by atoms with Crippen molar-refractivity contribution in [2.75, 3.05) is 29.4 Å². The lowest BCUT2D eigenvalue weighted by molar-refractivity contribution is -0.116. The van der Waals surface area contributed by atoms with Crippen LogP contribution in [0.5, 0.6) is 0 Å². The Morgan fingerprint density at radius 3 is 2.67 bits per heavy atom. The van der Waals surface area contributed by atoms with E-state index in [2.05, 4.69) is 13.0 Å². The number of anilines is 2. The standard InChI is InChI=1S/C14H17N3O/c1-11-9-16(8-7-15)13-5-3-4-6-14(13)17(10-11)12(2)18/h3-6,11H,8-10H2,1-2H3. The SMILES string of the molecule is CC(=O)N1CC(C)CN(CC#N)c2ccccc21. The van der Waals surface area contributed by atoms with Gasteiger partial charge in [0.15, 0.2) is 0 Å². The Bertz CT molecular complexity index is 492. The van der Waals surface area contributed by atoms with Gasteiger partial charge in [0.25, 0.3) is 0 Å². The minimum Gasteiger partial charge on any atom is -0.356 e. The van der Waals surface area contributed by atoms with Crippen molar-refractivity contribution in [2.24, 2.45) is 5.92 Å². The maximum atomic E-state index is 11.8. The molecule has 0 spiro atoms. The van der Waals surface area contributed by atoms with E-state index in [0.717, 1.165) is 17.9 Å². The van der Waals surface area contributed by atoms with Crippen LogP contribution in [-0.4, -0.2) is 25.5 Å². The number of rotatable bonds is 1. The molecule has 2 rings (SSSR count). The summed E-state index contributed by atoms with van der Waals surface area (Å²) in [6, 6.07) is 9.98. The van der Waals surface area contributed by atoms with Crippen LogP contribution in [0.1, 0.15) is 13.8 Å².